The Hall–Kier alpha value is -0.0105. The quantitative estimate of drug-likeness (QED) is 0.417. The fraction of sp³-hybridized carbons (Fsp3) is 0.500. The summed E-state index contributed by atoms with van der Waals surface area (Å²) in [6, 6.07) is 0. The molecule has 0 aliphatic rings. The van der Waals surface area contributed by atoms with Crippen LogP contribution in [0.2, 0.25) is 0 Å². The van der Waals surface area contributed by atoms with Crippen molar-refractivity contribution in [1.29, 1.82) is 0 Å². The number of carbonyl (C=O) groups is 1. The minimum atomic E-state index is -0.273. The summed E-state index contributed by atoms with van der Waals surface area (Å²) in [4.78, 5) is 9.57. The molecule has 2 nitrogen and oxygen atoms in total. The van der Waals surface area contributed by atoms with Crippen molar-refractivity contribution < 1.29 is 8.61 Å². The van der Waals surface area contributed by atoms with E-state index >= 15 is 0 Å². The molecule has 0 heterocycles. The van der Waals surface area contributed by atoms with Gasteiger partial charge in [0.2, 0.25) is 0 Å². The van der Waals surface area contributed by atoms with E-state index in [0.717, 1.165) is 0 Å². The Morgan fingerprint density at radius 2 is 2.20 bits per heavy atom. The SMILES string of the molecule is CC(=O)O[SeH]. The van der Waals surface area contributed by atoms with Gasteiger partial charge >= 0.3 is 37.8 Å². The van der Waals surface area contributed by atoms with Gasteiger partial charge in [-0.2, -0.15) is 0 Å². The average Bonchev–Trinajstić information content (AvgIpc) is 1.38. The molecule has 0 rings (SSSR count). The summed E-state index contributed by atoms with van der Waals surface area (Å²) in [5, 5.41) is 0. The zero-order chi connectivity index (χ0) is 4.28. The van der Waals surface area contributed by atoms with Gasteiger partial charge < -0.3 is 0 Å². The first-order valence-electron chi connectivity index (χ1n) is 1.09. The number of rotatable bonds is 0. The Morgan fingerprint density at radius 1 is 2.00 bits per heavy atom. The standard InChI is InChI=1S/C2H4O2Se/c1-2(3)4-5/h5H,1H3. The molecule has 0 fully saturated rings. The molecule has 0 saturated heterocycles. The van der Waals surface area contributed by atoms with Gasteiger partial charge in [0.1, 0.15) is 0 Å². The van der Waals surface area contributed by atoms with Crippen LogP contribution < -0.4 is 0 Å². The van der Waals surface area contributed by atoms with E-state index in [1.54, 1.807) is 16.3 Å². The van der Waals surface area contributed by atoms with Crippen LogP contribution >= 0.6 is 0 Å². The Balaban J connectivity index is 2.85. The zero-order valence-electron chi connectivity index (χ0n) is 2.76. The van der Waals surface area contributed by atoms with Crippen LogP contribution in [0, 0.1) is 0 Å². The summed E-state index contributed by atoms with van der Waals surface area (Å²) >= 11 is 1.72. The second-order valence-electron chi connectivity index (χ2n) is 0.583. The molecule has 3 heteroatoms. The normalized spacial score (nSPS) is 6.80. The van der Waals surface area contributed by atoms with Gasteiger partial charge in [-0.3, -0.25) is 0 Å². The summed E-state index contributed by atoms with van der Waals surface area (Å²) in [5.41, 5.74) is 0. The molecule has 0 bridgehead atoms. The van der Waals surface area contributed by atoms with Gasteiger partial charge in [0.05, 0.1) is 0 Å². The summed E-state index contributed by atoms with van der Waals surface area (Å²) in [6.07, 6.45) is 0. The van der Waals surface area contributed by atoms with Crippen molar-refractivity contribution in [2.75, 3.05) is 0 Å². The molecule has 30 valence electrons. The molecule has 0 unspecified atom stereocenters. The van der Waals surface area contributed by atoms with Gasteiger partial charge in [0.15, 0.2) is 0 Å². The third kappa shape index (κ3) is 3.99. The summed E-state index contributed by atoms with van der Waals surface area (Å²) < 4.78 is 4.05. The van der Waals surface area contributed by atoms with E-state index in [1.165, 1.54) is 6.92 Å². The molecule has 0 radical (unpaired) electrons. The maximum absolute atomic E-state index is 9.57. The molecular weight excluding hydrogens is 135 g/mol. The van der Waals surface area contributed by atoms with E-state index in [9.17, 15) is 4.79 Å². The number of hydrogen-bond donors (Lipinski definition) is 0. The molecule has 0 N–H and O–H groups in total. The van der Waals surface area contributed by atoms with E-state index in [4.69, 9.17) is 0 Å². The molecule has 0 amide bonds. The third-order valence-corrected chi connectivity index (χ3v) is 0.668. The fourth-order valence-corrected chi connectivity index (χ4v) is 0. The molecule has 5 heavy (non-hydrogen) atoms. The second kappa shape index (κ2) is 2.24. The molecule has 0 aliphatic carbocycles. The molecule has 0 aromatic rings. The maximum atomic E-state index is 9.57. The Kier molecular flexibility index (Phi) is 2.24. The van der Waals surface area contributed by atoms with Crippen molar-refractivity contribution in [2.45, 2.75) is 6.92 Å². The van der Waals surface area contributed by atoms with Gasteiger partial charge in [-0.05, 0) is 0 Å². The first-order chi connectivity index (χ1) is 2.27. The first-order valence-corrected chi connectivity index (χ1v) is 1.86. The molecule has 0 saturated carbocycles. The average molecular weight is 139 g/mol. The van der Waals surface area contributed by atoms with Crippen molar-refractivity contribution in [3.05, 3.63) is 0 Å². The Labute approximate surface area is 38.6 Å². The van der Waals surface area contributed by atoms with Gasteiger partial charge in [-0.25, -0.2) is 0 Å². The van der Waals surface area contributed by atoms with Gasteiger partial charge in [-0.1, -0.05) is 0 Å². The fourth-order valence-electron chi connectivity index (χ4n) is 0. The summed E-state index contributed by atoms with van der Waals surface area (Å²) in [7, 11) is 0. The zero-order valence-corrected chi connectivity index (χ0v) is 4.64. The molecule has 0 aromatic carbocycles. The van der Waals surface area contributed by atoms with Crippen molar-refractivity contribution >= 4 is 22.3 Å². The van der Waals surface area contributed by atoms with Crippen LogP contribution in [0.4, 0.5) is 0 Å². The van der Waals surface area contributed by atoms with E-state index in [-0.39, 0.29) is 5.97 Å². The topological polar surface area (TPSA) is 26.3 Å². The molecule has 0 aromatic heterocycles. The minimum absolute atomic E-state index is 0.273. The predicted octanol–water partition coefficient (Wildman–Crippen LogP) is -0.635. The number of hydrogen-bond acceptors (Lipinski definition) is 2. The molecule has 0 aliphatic heterocycles. The molecule has 0 spiro atoms. The first kappa shape index (κ1) is 4.99. The van der Waals surface area contributed by atoms with Crippen molar-refractivity contribution in [2.24, 2.45) is 0 Å². The molecule has 0 atom stereocenters. The second-order valence-corrected chi connectivity index (χ2v) is 0.966. The number of carbonyl (C=O) groups excluding carboxylic acids is 1. The summed E-state index contributed by atoms with van der Waals surface area (Å²) in [6.45, 7) is 1.35. The van der Waals surface area contributed by atoms with Gasteiger partial charge in [-0.15, -0.1) is 0 Å². The Morgan fingerprint density at radius 3 is 2.20 bits per heavy atom. The van der Waals surface area contributed by atoms with Gasteiger partial charge in [0.25, 0.3) is 0 Å². The van der Waals surface area contributed by atoms with Crippen LogP contribution in [0.5, 0.6) is 0 Å². The van der Waals surface area contributed by atoms with Crippen LogP contribution in [-0.2, 0) is 8.61 Å². The monoisotopic (exact) mass is 140 g/mol. The van der Waals surface area contributed by atoms with Crippen LogP contribution in [0.15, 0.2) is 0 Å². The third-order valence-electron chi connectivity index (χ3n) is 0.129. The molecular formula is C2H4O2Se. The predicted molar refractivity (Wildman–Crippen MR) is 18.9 cm³/mol. The van der Waals surface area contributed by atoms with Crippen LogP contribution in [0.3, 0.4) is 0 Å². The van der Waals surface area contributed by atoms with Crippen molar-refractivity contribution in [3.8, 4) is 0 Å². The van der Waals surface area contributed by atoms with Crippen LogP contribution in [0.25, 0.3) is 0 Å². The van der Waals surface area contributed by atoms with Crippen LogP contribution in [-0.4, -0.2) is 22.3 Å². The Bertz CT molecular complexity index is 42.9. The van der Waals surface area contributed by atoms with E-state index in [1.807, 2.05) is 0 Å². The van der Waals surface area contributed by atoms with Crippen LogP contribution in [0.1, 0.15) is 6.92 Å². The van der Waals surface area contributed by atoms with Gasteiger partial charge in [0, 0.05) is 0 Å². The van der Waals surface area contributed by atoms with Crippen molar-refractivity contribution in [1.82, 2.24) is 0 Å². The van der Waals surface area contributed by atoms with E-state index in [2.05, 4.69) is 3.82 Å². The van der Waals surface area contributed by atoms with E-state index in [0.29, 0.717) is 0 Å². The van der Waals surface area contributed by atoms with E-state index < -0.39 is 0 Å². The summed E-state index contributed by atoms with van der Waals surface area (Å²) in [5.74, 6) is -0.273. The van der Waals surface area contributed by atoms with Crippen molar-refractivity contribution in [3.63, 3.8) is 0 Å².